The van der Waals surface area contributed by atoms with E-state index in [0.29, 0.717) is 39.6 Å². The van der Waals surface area contributed by atoms with E-state index in [0.717, 1.165) is 32.4 Å². The second-order valence-electron chi connectivity index (χ2n) is 6.73. The van der Waals surface area contributed by atoms with Crippen molar-refractivity contribution in [2.45, 2.75) is 26.2 Å². The number of rotatable bonds is 5. The molecule has 0 radical (unpaired) electrons. The number of amides is 2. The molecule has 146 valence electrons. The van der Waals surface area contributed by atoms with Crippen molar-refractivity contribution >= 4 is 33.3 Å². The summed E-state index contributed by atoms with van der Waals surface area (Å²) in [4.78, 5) is 34.1. The Morgan fingerprint density at radius 1 is 1.32 bits per heavy atom. The fourth-order valence-corrected chi connectivity index (χ4v) is 3.98. The predicted molar refractivity (Wildman–Crippen MR) is 111 cm³/mol. The number of carbonyl (C=O) groups excluding carboxylic acids is 1. The van der Waals surface area contributed by atoms with Gasteiger partial charge in [-0.25, -0.2) is 9.78 Å². The number of fused-ring (bicyclic) bond motifs is 1. The molecule has 1 saturated heterocycles. The molecule has 4 rings (SSSR count). The van der Waals surface area contributed by atoms with Crippen molar-refractivity contribution < 1.29 is 9.53 Å². The number of aromatic nitrogens is 2. The molecular formula is C20H22N4O3S. The maximum Gasteiger partial charge on any atom is 0.321 e. The molecule has 0 saturated carbocycles. The van der Waals surface area contributed by atoms with E-state index in [1.165, 1.54) is 11.3 Å². The van der Waals surface area contributed by atoms with Gasteiger partial charge in [0, 0.05) is 18.8 Å². The van der Waals surface area contributed by atoms with Crippen LogP contribution in [-0.4, -0.2) is 40.6 Å². The third kappa shape index (κ3) is 3.73. The Morgan fingerprint density at radius 3 is 2.93 bits per heavy atom. The molecule has 2 aromatic heterocycles. The van der Waals surface area contributed by atoms with Crippen LogP contribution in [0.25, 0.3) is 21.6 Å². The number of anilines is 1. The van der Waals surface area contributed by atoms with E-state index >= 15 is 0 Å². The van der Waals surface area contributed by atoms with Crippen molar-refractivity contribution in [1.29, 1.82) is 0 Å². The number of carbonyl (C=O) groups is 1. The number of thiophene rings is 1. The molecule has 0 atom stereocenters. The highest BCUT2D eigenvalue weighted by molar-refractivity contribution is 7.17. The SMILES string of the molecule is CCCOc1ccc(NC(=O)N2CCCC2)cc1-c1nc2ccsc2c(=O)[nH]1. The maximum absolute atomic E-state index is 12.4. The molecule has 0 aliphatic carbocycles. The molecule has 0 unspecified atom stereocenters. The third-order valence-corrected chi connectivity index (χ3v) is 5.56. The van der Waals surface area contributed by atoms with Gasteiger partial charge in [0.1, 0.15) is 16.3 Å². The largest absolute Gasteiger partial charge is 0.493 e. The van der Waals surface area contributed by atoms with Crippen molar-refractivity contribution in [3.8, 4) is 17.1 Å². The van der Waals surface area contributed by atoms with E-state index in [-0.39, 0.29) is 11.6 Å². The van der Waals surface area contributed by atoms with Crippen LogP contribution in [0.15, 0.2) is 34.4 Å². The Labute approximate surface area is 166 Å². The molecule has 8 heteroatoms. The second-order valence-corrected chi connectivity index (χ2v) is 7.65. The van der Waals surface area contributed by atoms with Crippen LogP contribution in [0.3, 0.4) is 0 Å². The number of nitrogens with one attached hydrogen (secondary N) is 2. The molecule has 3 aromatic rings. The minimum Gasteiger partial charge on any atom is -0.493 e. The van der Waals surface area contributed by atoms with Gasteiger partial charge < -0.3 is 19.9 Å². The van der Waals surface area contributed by atoms with E-state index in [1.54, 1.807) is 11.0 Å². The maximum atomic E-state index is 12.4. The summed E-state index contributed by atoms with van der Waals surface area (Å²) in [5.74, 6) is 1.05. The van der Waals surface area contributed by atoms with Crippen LogP contribution >= 0.6 is 11.3 Å². The first kappa shape index (κ1) is 18.5. The molecule has 1 fully saturated rings. The lowest BCUT2D eigenvalue weighted by Crippen LogP contribution is -2.32. The number of aromatic amines is 1. The normalized spacial score (nSPS) is 13.8. The second kappa shape index (κ2) is 8.02. The number of hydrogen-bond acceptors (Lipinski definition) is 5. The van der Waals surface area contributed by atoms with Crippen LogP contribution in [0.5, 0.6) is 5.75 Å². The Bertz CT molecular complexity index is 1050. The predicted octanol–water partition coefficient (Wildman–Crippen LogP) is 4.07. The summed E-state index contributed by atoms with van der Waals surface area (Å²) in [5, 5.41) is 4.78. The molecule has 1 aliphatic heterocycles. The zero-order valence-corrected chi connectivity index (χ0v) is 16.5. The van der Waals surface area contributed by atoms with E-state index in [9.17, 15) is 9.59 Å². The number of likely N-dealkylation sites (tertiary alicyclic amines) is 1. The van der Waals surface area contributed by atoms with E-state index in [4.69, 9.17) is 4.74 Å². The number of urea groups is 1. The highest BCUT2D eigenvalue weighted by Gasteiger charge is 2.19. The summed E-state index contributed by atoms with van der Waals surface area (Å²) in [7, 11) is 0. The topological polar surface area (TPSA) is 87.3 Å². The summed E-state index contributed by atoms with van der Waals surface area (Å²) in [6.07, 6.45) is 2.93. The molecule has 0 bridgehead atoms. The highest BCUT2D eigenvalue weighted by atomic mass is 32.1. The van der Waals surface area contributed by atoms with Gasteiger partial charge >= 0.3 is 6.03 Å². The lowest BCUT2D eigenvalue weighted by atomic mass is 10.1. The van der Waals surface area contributed by atoms with Gasteiger partial charge in [0.05, 0.1) is 17.7 Å². The van der Waals surface area contributed by atoms with E-state index in [2.05, 4.69) is 15.3 Å². The molecule has 3 heterocycles. The number of ether oxygens (including phenoxy) is 1. The third-order valence-electron chi connectivity index (χ3n) is 4.66. The lowest BCUT2D eigenvalue weighted by Gasteiger charge is -2.17. The van der Waals surface area contributed by atoms with Crippen molar-refractivity contribution in [2.24, 2.45) is 0 Å². The summed E-state index contributed by atoms with van der Waals surface area (Å²) in [5.41, 5.74) is 1.77. The van der Waals surface area contributed by atoms with Gasteiger partial charge in [0.25, 0.3) is 5.56 Å². The average molecular weight is 398 g/mol. The van der Waals surface area contributed by atoms with Gasteiger partial charge in [-0.3, -0.25) is 4.79 Å². The van der Waals surface area contributed by atoms with Crippen LogP contribution < -0.4 is 15.6 Å². The Morgan fingerprint density at radius 2 is 2.14 bits per heavy atom. The van der Waals surface area contributed by atoms with Crippen LogP contribution in [0.1, 0.15) is 26.2 Å². The summed E-state index contributed by atoms with van der Waals surface area (Å²) >= 11 is 1.36. The molecule has 2 N–H and O–H groups in total. The minimum atomic E-state index is -0.178. The zero-order chi connectivity index (χ0) is 19.5. The number of nitrogens with zero attached hydrogens (tertiary/aromatic N) is 2. The van der Waals surface area contributed by atoms with Gasteiger partial charge in [-0.1, -0.05) is 6.92 Å². The fourth-order valence-electron chi connectivity index (χ4n) is 3.25. The van der Waals surface area contributed by atoms with Crippen molar-refractivity contribution in [3.05, 3.63) is 40.0 Å². The Hall–Kier alpha value is -2.87. The van der Waals surface area contributed by atoms with Crippen LogP contribution in [0.4, 0.5) is 10.5 Å². The van der Waals surface area contributed by atoms with Crippen LogP contribution in [0, 0.1) is 0 Å². The van der Waals surface area contributed by atoms with Crippen LogP contribution in [-0.2, 0) is 0 Å². The highest BCUT2D eigenvalue weighted by Crippen LogP contribution is 2.31. The van der Waals surface area contributed by atoms with Gasteiger partial charge in [0.2, 0.25) is 0 Å². The zero-order valence-electron chi connectivity index (χ0n) is 15.7. The fraction of sp³-hybridized carbons (Fsp3) is 0.350. The molecular weight excluding hydrogens is 376 g/mol. The Kier molecular flexibility index (Phi) is 5.29. The minimum absolute atomic E-state index is 0.111. The smallest absolute Gasteiger partial charge is 0.321 e. The number of benzene rings is 1. The number of H-pyrrole nitrogens is 1. The first-order valence-electron chi connectivity index (χ1n) is 9.46. The van der Waals surface area contributed by atoms with Crippen molar-refractivity contribution in [3.63, 3.8) is 0 Å². The summed E-state index contributed by atoms with van der Waals surface area (Å²) in [6.45, 7) is 4.14. The van der Waals surface area contributed by atoms with E-state index < -0.39 is 0 Å². The lowest BCUT2D eigenvalue weighted by molar-refractivity contribution is 0.222. The van der Waals surface area contributed by atoms with Gasteiger partial charge in [0.15, 0.2) is 0 Å². The van der Waals surface area contributed by atoms with E-state index in [1.807, 2.05) is 30.5 Å². The summed E-state index contributed by atoms with van der Waals surface area (Å²) in [6, 6.07) is 7.13. The quantitative estimate of drug-likeness (QED) is 0.678. The van der Waals surface area contributed by atoms with Gasteiger partial charge in [-0.15, -0.1) is 11.3 Å². The summed E-state index contributed by atoms with van der Waals surface area (Å²) < 4.78 is 6.45. The molecule has 7 nitrogen and oxygen atoms in total. The number of hydrogen-bond donors (Lipinski definition) is 2. The van der Waals surface area contributed by atoms with Gasteiger partial charge in [-0.05, 0) is 48.9 Å². The molecule has 0 spiro atoms. The van der Waals surface area contributed by atoms with Gasteiger partial charge in [-0.2, -0.15) is 0 Å². The average Bonchev–Trinajstić information content (AvgIpc) is 3.38. The molecule has 2 amide bonds. The standard InChI is InChI=1S/C20H22N4O3S/c1-2-10-27-16-6-5-13(21-20(26)24-8-3-4-9-24)12-14(16)18-22-15-7-11-28-17(15)19(25)23-18/h5-7,11-12H,2-4,8-10H2,1H3,(H,21,26)(H,22,23,25). The van der Waals surface area contributed by atoms with Crippen LogP contribution in [0.2, 0.25) is 0 Å². The van der Waals surface area contributed by atoms with Crippen molar-refractivity contribution in [1.82, 2.24) is 14.9 Å². The van der Waals surface area contributed by atoms with Crippen molar-refractivity contribution in [2.75, 3.05) is 25.0 Å². The molecule has 28 heavy (non-hydrogen) atoms. The molecule has 1 aromatic carbocycles. The monoisotopic (exact) mass is 398 g/mol. The molecule has 1 aliphatic rings. The first-order valence-corrected chi connectivity index (χ1v) is 10.3. The Balaban J connectivity index is 1.71. The first-order chi connectivity index (χ1) is 13.7.